The van der Waals surface area contributed by atoms with Crippen molar-refractivity contribution in [2.24, 2.45) is 5.92 Å². The first-order valence-corrected chi connectivity index (χ1v) is 11.4. The molecule has 1 aliphatic heterocycles. The molecular weight excluding hydrogens is 380 g/mol. The summed E-state index contributed by atoms with van der Waals surface area (Å²) in [6.45, 7) is 2.84. The summed E-state index contributed by atoms with van der Waals surface area (Å²) in [5, 5.41) is 2.93. The van der Waals surface area contributed by atoms with E-state index in [1.807, 2.05) is 0 Å². The highest BCUT2D eigenvalue weighted by Gasteiger charge is 2.27. The normalized spacial score (nSPS) is 23.3. The zero-order chi connectivity index (χ0) is 20.1. The number of hydrogen-bond donors (Lipinski definition) is 1. The van der Waals surface area contributed by atoms with Gasteiger partial charge < -0.3 is 10.1 Å². The number of hydrogen-bond acceptors (Lipinski definition) is 5. The molecule has 1 aromatic carbocycles. The molecule has 28 heavy (non-hydrogen) atoms. The Morgan fingerprint density at radius 1 is 1.07 bits per heavy atom. The fourth-order valence-electron chi connectivity index (χ4n) is 3.83. The molecular formula is C20H28N2O5S. The number of nitrogens with zero attached hydrogens (tertiary/aromatic N) is 1. The van der Waals surface area contributed by atoms with Crippen LogP contribution in [0.1, 0.15) is 55.8 Å². The molecule has 0 bridgehead atoms. The molecule has 8 heteroatoms. The van der Waals surface area contributed by atoms with E-state index >= 15 is 0 Å². The Morgan fingerprint density at radius 2 is 1.71 bits per heavy atom. The minimum Gasteiger partial charge on any atom is -0.452 e. The van der Waals surface area contributed by atoms with Crippen LogP contribution < -0.4 is 5.32 Å². The van der Waals surface area contributed by atoms with Crippen LogP contribution in [0.15, 0.2) is 29.2 Å². The van der Waals surface area contributed by atoms with Crippen LogP contribution in [0.4, 0.5) is 0 Å². The molecule has 1 N–H and O–H groups in total. The summed E-state index contributed by atoms with van der Waals surface area (Å²) in [6, 6.07) is 5.80. The van der Waals surface area contributed by atoms with Crippen molar-refractivity contribution < 1.29 is 22.7 Å². The summed E-state index contributed by atoms with van der Waals surface area (Å²) in [5.74, 6) is -0.518. The predicted octanol–water partition coefficient (Wildman–Crippen LogP) is 2.32. The molecule has 2 aliphatic rings. The number of carbonyl (C=O) groups excluding carboxylic acids is 2. The molecule has 1 heterocycles. The second kappa shape index (κ2) is 9.05. The van der Waals surface area contributed by atoms with Gasteiger partial charge in [-0.1, -0.05) is 19.8 Å². The van der Waals surface area contributed by atoms with Gasteiger partial charge in [0.15, 0.2) is 6.61 Å². The van der Waals surface area contributed by atoms with E-state index in [9.17, 15) is 18.0 Å². The van der Waals surface area contributed by atoms with Crippen LogP contribution in [0.2, 0.25) is 0 Å². The van der Waals surface area contributed by atoms with Crippen molar-refractivity contribution in [2.75, 3.05) is 19.7 Å². The van der Waals surface area contributed by atoms with E-state index in [2.05, 4.69) is 12.2 Å². The summed E-state index contributed by atoms with van der Waals surface area (Å²) in [6.07, 6.45) is 6.07. The molecule has 2 atom stereocenters. The van der Waals surface area contributed by atoms with Crippen LogP contribution in [0.5, 0.6) is 0 Å². The second-order valence-electron chi connectivity index (χ2n) is 7.65. The van der Waals surface area contributed by atoms with Gasteiger partial charge in [0.2, 0.25) is 10.0 Å². The Morgan fingerprint density at radius 3 is 2.36 bits per heavy atom. The van der Waals surface area contributed by atoms with E-state index in [0.717, 1.165) is 32.1 Å². The third-order valence-electron chi connectivity index (χ3n) is 5.59. The van der Waals surface area contributed by atoms with Crippen LogP contribution >= 0.6 is 0 Å². The lowest BCUT2D eigenvalue weighted by molar-refractivity contribution is -0.125. The maximum Gasteiger partial charge on any atom is 0.338 e. The SMILES string of the molecule is C[C@@H]1CCCC[C@@H]1NC(=O)COC(=O)c1ccc(S(=O)(=O)N2CCCC2)cc1. The number of ether oxygens (including phenoxy) is 1. The molecule has 7 nitrogen and oxygen atoms in total. The lowest BCUT2D eigenvalue weighted by Gasteiger charge is -2.29. The van der Waals surface area contributed by atoms with Crippen LogP contribution in [0.3, 0.4) is 0 Å². The monoisotopic (exact) mass is 408 g/mol. The van der Waals surface area contributed by atoms with E-state index in [4.69, 9.17) is 4.74 Å². The Labute approximate surface area is 166 Å². The van der Waals surface area contributed by atoms with Gasteiger partial charge in [0.25, 0.3) is 5.91 Å². The smallest absolute Gasteiger partial charge is 0.338 e. The van der Waals surface area contributed by atoms with E-state index < -0.39 is 16.0 Å². The molecule has 0 unspecified atom stereocenters. The number of esters is 1. The number of carbonyl (C=O) groups is 2. The van der Waals surface area contributed by atoms with Gasteiger partial charge in [-0.15, -0.1) is 0 Å². The Kier molecular flexibility index (Phi) is 6.72. The molecule has 1 saturated carbocycles. The average Bonchev–Trinajstić information content (AvgIpc) is 3.24. The van der Waals surface area contributed by atoms with Crippen LogP contribution in [-0.4, -0.2) is 50.3 Å². The standard InChI is InChI=1S/C20H28N2O5S/c1-15-6-2-3-7-18(15)21-19(23)14-27-20(24)16-8-10-17(11-9-16)28(25,26)22-12-4-5-13-22/h8-11,15,18H,2-7,12-14H2,1H3,(H,21,23)/t15-,18+/m1/s1. The molecule has 1 aliphatic carbocycles. The lowest BCUT2D eigenvalue weighted by Crippen LogP contribution is -2.42. The first kappa shape index (κ1) is 20.8. The Hall–Kier alpha value is -1.93. The van der Waals surface area contributed by atoms with Crippen molar-refractivity contribution in [1.82, 2.24) is 9.62 Å². The fraction of sp³-hybridized carbons (Fsp3) is 0.600. The second-order valence-corrected chi connectivity index (χ2v) is 9.59. The summed E-state index contributed by atoms with van der Waals surface area (Å²) in [5.41, 5.74) is 0.221. The van der Waals surface area contributed by atoms with Gasteiger partial charge in [0.05, 0.1) is 10.5 Å². The summed E-state index contributed by atoms with van der Waals surface area (Å²) < 4.78 is 31.5. The maximum atomic E-state index is 12.5. The highest BCUT2D eigenvalue weighted by atomic mass is 32.2. The van der Waals surface area contributed by atoms with Gasteiger partial charge in [-0.25, -0.2) is 13.2 Å². The summed E-state index contributed by atoms with van der Waals surface area (Å²) in [4.78, 5) is 24.4. The van der Waals surface area contributed by atoms with Crippen molar-refractivity contribution in [2.45, 2.75) is 56.4 Å². The molecule has 1 saturated heterocycles. The zero-order valence-corrected chi connectivity index (χ0v) is 17.0. The minimum atomic E-state index is -3.51. The fourth-order valence-corrected chi connectivity index (χ4v) is 5.35. The van der Waals surface area contributed by atoms with Crippen molar-refractivity contribution >= 4 is 21.9 Å². The first-order chi connectivity index (χ1) is 13.4. The van der Waals surface area contributed by atoms with Gasteiger partial charge in [0.1, 0.15) is 0 Å². The molecule has 0 spiro atoms. The van der Waals surface area contributed by atoms with Crippen LogP contribution in [0, 0.1) is 5.92 Å². The number of benzene rings is 1. The Balaban J connectivity index is 1.52. The van der Waals surface area contributed by atoms with Crippen molar-refractivity contribution in [3.63, 3.8) is 0 Å². The van der Waals surface area contributed by atoms with E-state index in [1.165, 1.54) is 35.0 Å². The van der Waals surface area contributed by atoms with E-state index in [0.29, 0.717) is 19.0 Å². The molecule has 1 amide bonds. The molecule has 2 fully saturated rings. The van der Waals surface area contributed by atoms with Crippen molar-refractivity contribution in [3.8, 4) is 0 Å². The van der Waals surface area contributed by atoms with Crippen LogP contribution in [-0.2, 0) is 19.6 Å². The van der Waals surface area contributed by atoms with E-state index in [-0.39, 0.29) is 29.0 Å². The van der Waals surface area contributed by atoms with E-state index in [1.54, 1.807) is 0 Å². The topological polar surface area (TPSA) is 92.8 Å². The number of amides is 1. The van der Waals surface area contributed by atoms with Gasteiger partial charge in [0, 0.05) is 19.1 Å². The molecule has 0 radical (unpaired) electrons. The highest BCUT2D eigenvalue weighted by molar-refractivity contribution is 7.89. The third-order valence-corrected chi connectivity index (χ3v) is 7.50. The van der Waals surface area contributed by atoms with Gasteiger partial charge in [-0.05, 0) is 55.9 Å². The first-order valence-electron chi connectivity index (χ1n) is 9.94. The summed E-state index contributed by atoms with van der Waals surface area (Å²) in [7, 11) is -3.51. The zero-order valence-electron chi connectivity index (χ0n) is 16.2. The minimum absolute atomic E-state index is 0.134. The number of sulfonamides is 1. The van der Waals surface area contributed by atoms with Gasteiger partial charge >= 0.3 is 5.97 Å². The number of nitrogens with one attached hydrogen (secondary N) is 1. The van der Waals surface area contributed by atoms with Crippen molar-refractivity contribution in [1.29, 1.82) is 0 Å². The third kappa shape index (κ3) is 4.91. The van der Waals surface area contributed by atoms with Crippen molar-refractivity contribution in [3.05, 3.63) is 29.8 Å². The van der Waals surface area contributed by atoms with Crippen LogP contribution in [0.25, 0.3) is 0 Å². The maximum absolute atomic E-state index is 12.5. The molecule has 154 valence electrons. The predicted molar refractivity (Wildman–Crippen MR) is 104 cm³/mol. The largest absolute Gasteiger partial charge is 0.452 e. The Bertz CT molecular complexity index is 800. The summed E-state index contributed by atoms with van der Waals surface area (Å²) >= 11 is 0. The highest BCUT2D eigenvalue weighted by Crippen LogP contribution is 2.24. The molecule has 0 aromatic heterocycles. The van der Waals surface area contributed by atoms with Gasteiger partial charge in [-0.2, -0.15) is 4.31 Å². The lowest BCUT2D eigenvalue weighted by atomic mass is 9.86. The van der Waals surface area contributed by atoms with Gasteiger partial charge in [-0.3, -0.25) is 4.79 Å². The average molecular weight is 409 g/mol. The number of rotatable bonds is 6. The molecule has 3 rings (SSSR count). The molecule has 1 aromatic rings. The quantitative estimate of drug-likeness (QED) is 0.729.